The van der Waals surface area contributed by atoms with Gasteiger partial charge in [0.2, 0.25) is 0 Å². The second-order valence-electron chi connectivity index (χ2n) is 9.35. The topological polar surface area (TPSA) is 63.7 Å². The lowest BCUT2D eigenvalue weighted by molar-refractivity contribution is 0.508. The van der Waals surface area contributed by atoms with Gasteiger partial charge in [0.25, 0.3) is 0 Å². The fourth-order valence-corrected chi connectivity index (χ4v) is 9.35. The van der Waals surface area contributed by atoms with Gasteiger partial charge in [0.15, 0.2) is 10.8 Å². The van der Waals surface area contributed by atoms with Crippen molar-refractivity contribution in [3.05, 3.63) is 95.4 Å². The summed E-state index contributed by atoms with van der Waals surface area (Å²) in [6.45, 7) is 6.73. The van der Waals surface area contributed by atoms with Crippen molar-refractivity contribution in [2.24, 2.45) is 0 Å². The van der Waals surface area contributed by atoms with Crippen LogP contribution in [0.1, 0.15) is 20.8 Å². The summed E-state index contributed by atoms with van der Waals surface area (Å²) in [6, 6.07) is 26.7. The number of halogens is 2. The number of H-pyrrole nitrogens is 1. The second kappa shape index (κ2) is 9.11. The molecule has 0 atom stereocenters. The smallest absolute Gasteiger partial charge is 0.319 e. The molecule has 1 N–H and O–H groups in total. The van der Waals surface area contributed by atoms with Crippen molar-refractivity contribution in [2.75, 3.05) is 0 Å². The zero-order valence-corrected chi connectivity index (χ0v) is 22.1. The van der Waals surface area contributed by atoms with Gasteiger partial charge in [0.1, 0.15) is 23.4 Å². The molecule has 2 aromatic heterocycles. The summed E-state index contributed by atoms with van der Waals surface area (Å²) in [4.78, 5) is 15.9. The van der Waals surface area contributed by atoms with Crippen molar-refractivity contribution in [2.45, 2.75) is 25.8 Å². The SMILES string of the molecule is CC(C)(C)[Si](Oc1ccc(-c2nc3c(Cl)ncnc3[nH]2)c(Cl)c1)(c1ccccc1)c1ccccc1. The highest BCUT2D eigenvalue weighted by Gasteiger charge is 2.52. The highest BCUT2D eigenvalue weighted by Crippen LogP contribution is 2.39. The number of fused-ring (bicyclic) bond motifs is 1. The summed E-state index contributed by atoms with van der Waals surface area (Å²) in [7, 11) is -2.76. The van der Waals surface area contributed by atoms with Crippen molar-refractivity contribution in [1.82, 2.24) is 19.9 Å². The van der Waals surface area contributed by atoms with Gasteiger partial charge in [-0.3, -0.25) is 0 Å². The molecule has 0 aliphatic rings. The lowest BCUT2D eigenvalue weighted by atomic mass is 10.2. The Hall–Kier alpha value is -3.19. The highest BCUT2D eigenvalue weighted by molar-refractivity contribution is 7.00. The number of hydrogen-bond donors (Lipinski definition) is 1. The average Bonchev–Trinajstić information content (AvgIpc) is 3.28. The van der Waals surface area contributed by atoms with Gasteiger partial charge in [-0.2, -0.15) is 0 Å². The third kappa shape index (κ3) is 4.22. The Kier molecular flexibility index (Phi) is 6.13. The first kappa shape index (κ1) is 23.5. The van der Waals surface area contributed by atoms with Crippen LogP contribution in [0.25, 0.3) is 22.6 Å². The van der Waals surface area contributed by atoms with Gasteiger partial charge in [-0.1, -0.05) is 105 Å². The third-order valence-corrected chi connectivity index (χ3v) is 11.7. The number of aromatic amines is 1. The lowest BCUT2D eigenvalue weighted by Crippen LogP contribution is -2.68. The first-order valence-electron chi connectivity index (χ1n) is 11.3. The van der Waals surface area contributed by atoms with E-state index in [1.165, 1.54) is 16.7 Å². The van der Waals surface area contributed by atoms with E-state index in [0.29, 0.717) is 32.9 Å². The molecule has 0 saturated carbocycles. The van der Waals surface area contributed by atoms with Gasteiger partial charge in [0.05, 0.1) is 5.02 Å². The molecular weight excluding hydrogens is 495 g/mol. The highest BCUT2D eigenvalue weighted by atomic mass is 35.5. The van der Waals surface area contributed by atoms with E-state index in [1.807, 2.05) is 30.3 Å². The van der Waals surface area contributed by atoms with E-state index >= 15 is 0 Å². The largest absolute Gasteiger partial charge is 0.534 e. The van der Waals surface area contributed by atoms with Gasteiger partial charge in [-0.15, -0.1) is 0 Å². The summed E-state index contributed by atoms with van der Waals surface area (Å²) in [5, 5.41) is 3.05. The molecule has 35 heavy (non-hydrogen) atoms. The summed E-state index contributed by atoms with van der Waals surface area (Å²) in [6.07, 6.45) is 1.40. The Morgan fingerprint density at radius 1 is 0.829 bits per heavy atom. The Balaban J connectivity index is 1.61. The Morgan fingerprint density at radius 2 is 1.46 bits per heavy atom. The van der Waals surface area contributed by atoms with Gasteiger partial charge in [-0.25, -0.2) is 15.0 Å². The quantitative estimate of drug-likeness (QED) is 0.220. The van der Waals surface area contributed by atoms with E-state index in [-0.39, 0.29) is 5.04 Å². The van der Waals surface area contributed by atoms with Crippen LogP contribution in [0.3, 0.4) is 0 Å². The van der Waals surface area contributed by atoms with Gasteiger partial charge >= 0.3 is 8.32 Å². The minimum Gasteiger partial charge on any atom is -0.534 e. The van der Waals surface area contributed by atoms with E-state index in [4.69, 9.17) is 27.6 Å². The Bertz CT molecular complexity index is 1440. The molecule has 0 bridgehead atoms. The first-order valence-corrected chi connectivity index (χ1v) is 13.9. The molecule has 0 saturated heterocycles. The molecule has 5 rings (SSSR count). The second-order valence-corrected chi connectivity index (χ2v) is 14.3. The predicted octanol–water partition coefficient (Wildman–Crippen LogP) is 6.27. The number of nitrogens with one attached hydrogen (secondary N) is 1. The van der Waals surface area contributed by atoms with Crippen LogP contribution in [0.15, 0.2) is 85.2 Å². The van der Waals surface area contributed by atoms with Crippen LogP contribution in [0.4, 0.5) is 0 Å². The predicted molar refractivity (Wildman–Crippen MR) is 145 cm³/mol. The van der Waals surface area contributed by atoms with Gasteiger partial charge in [0, 0.05) is 5.56 Å². The number of aromatic nitrogens is 4. The van der Waals surface area contributed by atoms with Gasteiger partial charge in [-0.05, 0) is 33.6 Å². The first-order chi connectivity index (χ1) is 16.8. The number of benzene rings is 3. The third-order valence-electron chi connectivity index (χ3n) is 6.12. The molecule has 2 heterocycles. The standard InChI is InChI=1S/C27H24Cl2N4OSi/c1-27(2,3)35(19-10-6-4-7-11-19,20-12-8-5-9-13-20)34-18-14-15-21(22(28)16-18)25-32-23-24(29)30-17-31-26(23)33-25/h4-17H,1-3H3,(H,30,31,32,33). The van der Waals surface area contributed by atoms with Crippen LogP contribution in [0.2, 0.25) is 15.2 Å². The molecule has 5 nitrogen and oxygen atoms in total. The van der Waals surface area contributed by atoms with E-state index in [0.717, 1.165) is 5.56 Å². The molecular formula is C27H24Cl2N4OSi. The zero-order chi connectivity index (χ0) is 24.6. The molecule has 0 aliphatic carbocycles. The van der Waals surface area contributed by atoms with E-state index in [1.54, 1.807) is 0 Å². The fraction of sp³-hybridized carbons (Fsp3) is 0.148. The monoisotopic (exact) mass is 518 g/mol. The van der Waals surface area contributed by atoms with Crippen molar-refractivity contribution >= 4 is 53.1 Å². The lowest BCUT2D eigenvalue weighted by Gasteiger charge is -2.43. The molecule has 0 spiro atoms. The van der Waals surface area contributed by atoms with Crippen LogP contribution >= 0.6 is 23.2 Å². The maximum atomic E-state index is 7.07. The van der Waals surface area contributed by atoms with E-state index < -0.39 is 8.32 Å². The molecule has 8 heteroatoms. The summed E-state index contributed by atoms with van der Waals surface area (Å²) >= 11 is 12.9. The normalized spacial score (nSPS) is 12.1. The number of imidazole rings is 1. The number of hydrogen-bond acceptors (Lipinski definition) is 4. The molecule has 0 amide bonds. The zero-order valence-electron chi connectivity index (χ0n) is 19.6. The average molecular weight is 520 g/mol. The van der Waals surface area contributed by atoms with Crippen LogP contribution in [-0.2, 0) is 0 Å². The fourth-order valence-electron chi connectivity index (χ4n) is 4.50. The van der Waals surface area contributed by atoms with Gasteiger partial charge < -0.3 is 9.41 Å². The van der Waals surface area contributed by atoms with Crippen LogP contribution in [-0.4, -0.2) is 28.3 Å². The minimum absolute atomic E-state index is 0.158. The van der Waals surface area contributed by atoms with E-state index in [9.17, 15) is 0 Å². The molecule has 0 aliphatic heterocycles. The Labute approximate surface area is 215 Å². The van der Waals surface area contributed by atoms with E-state index in [2.05, 4.69) is 89.2 Å². The molecule has 0 unspecified atom stereocenters. The molecule has 176 valence electrons. The van der Waals surface area contributed by atoms with Crippen LogP contribution in [0.5, 0.6) is 5.75 Å². The minimum atomic E-state index is -2.76. The van der Waals surface area contributed by atoms with Crippen molar-refractivity contribution in [3.63, 3.8) is 0 Å². The Morgan fingerprint density at radius 3 is 2.00 bits per heavy atom. The maximum Gasteiger partial charge on any atom is 0.319 e. The summed E-state index contributed by atoms with van der Waals surface area (Å²) in [5.41, 5.74) is 1.80. The van der Waals surface area contributed by atoms with Crippen molar-refractivity contribution in [1.29, 1.82) is 0 Å². The summed E-state index contributed by atoms with van der Waals surface area (Å²) in [5.74, 6) is 1.28. The molecule has 3 aromatic carbocycles. The van der Waals surface area contributed by atoms with Crippen molar-refractivity contribution < 1.29 is 4.43 Å². The van der Waals surface area contributed by atoms with Crippen LogP contribution in [0, 0.1) is 0 Å². The summed E-state index contributed by atoms with van der Waals surface area (Å²) < 4.78 is 7.07. The number of nitrogens with zero attached hydrogens (tertiary/aromatic N) is 3. The maximum absolute atomic E-state index is 7.07. The molecule has 5 aromatic rings. The molecule has 0 fully saturated rings. The van der Waals surface area contributed by atoms with Crippen molar-refractivity contribution in [3.8, 4) is 17.1 Å². The van der Waals surface area contributed by atoms with Crippen LogP contribution < -0.4 is 14.8 Å². The number of rotatable bonds is 5. The molecule has 0 radical (unpaired) electrons.